The number of allylic oxidation sites excluding steroid dienone is 4. The molecule has 3 aromatic carbocycles. The van der Waals surface area contributed by atoms with Gasteiger partial charge >= 0.3 is 5.97 Å². The number of para-hydroxylation sites is 1. The number of carboxylic acid groups (broad SMARTS) is 1. The van der Waals surface area contributed by atoms with E-state index in [1.807, 2.05) is 107 Å². The average molecular weight is 749 g/mol. The van der Waals surface area contributed by atoms with Crippen molar-refractivity contribution in [2.24, 2.45) is 7.05 Å². The smallest absolute Gasteiger partial charge is 0.303 e. The molecular formula is C40H37IN4O3. The van der Waals surface area contributed by atoms with Crippen LogP contribution in [0.2, 0.25) is 0 Å². The third kappa shape index (κ3) is 8.24. The van der Waals surface area contributed by atoms with E-state index in [1.54, 1.807) is 0 Å². The van der Waals surface area contributed by atoms with Crippen LogP contribution in [0.3, 0.4) is 0 Å². The number of aromatic nitrogens is 3. The van der Waals surface area contributed by atoms with Crippen molar-refractivity contribution in [3.63, 3.8) is 0 Å². The predicted octanol–water partition coefficient (Wildman–Crippen LogP) is 4.81. The van der Waals surface area contributed by atoms with Gasteiger partial charge in [-0.15, -0.1) is 0 Å². The fraction of sp³-hybridized carbons (Fsp3) is 0.150. The van der Waals surface area contributed by atoms with Gasteiger partial charge in [0.2, 0.25) is 5.91 Å². The van der Waals surface area contributed by atoms with E-state index in [9.17, 15) is 9.59 Å². The Morgan fingerprint density at radius 1 is 0.771 bits per heavy atom. The molecule has 0 fully saturated rings. The van der Waals surface area contributed by atoms with Crippen LogP contribution in [0.4, 0.5) is 5.69 Å². The number of halogens is 1. The lowest BCUT2D eigenvalue weighted by molar-refractivity contribution is -0.671. The fourth-order valence-electron chi connectivity index (χ4n) is 5.72. The number of rotatable bonds is 10. The second kappa shape index (κ2) is 16.1. The number of amides is 1. The third-order valence-electron chi connectivity index (χ3n) is 8.21. The molecule has 0 radical (unpaired) electrons. The fourth-order valence-corrected chi connectivity index (χ4v) is 5.72. The molecular weight excluding hydrogens is 711 g/mol. The topological polar surface area (TPSA) is 79.3 Å². The summed E-state index contributed by atoms with van der Waals surface area (Å²) in [5.41, 5.74) is 8.74. The van der Waals surface area contributed by atoms with E-state index in [4.69, 9.17) is 10.2 Å². The molecule has 1 N–H and O–H groups in total. The van der Waals surface area contributed by atoms with Gasteiger partial charge in [-0.1, -0.05) is 91.1 Å². The number of carbonyl (C=O) groups is 2. The Kier molecular flexibility index (Phi) is 11.5. The molecule has 1 aliphatic heterocycles. The maximum absolute atomic E-state index is 13.6. The molecule has 6 rings (SSSR count). The summed E-state index contributed by atoms with van der Waals surface area (Å²) in [4.78, 5) is 26.4. The molecule has 7 nitrogen and oxygen atoms in total. The van der Waals surface area contributed by atoms with Crippen molar-refractivity contribution >= 4 is 29.7 Å². The first-order valence-electron chi connectivity index (χ1n) is 15.8. The quantitative estimate of drug-likeness (QED) is 0.0964. The van der Waals surface area contributed by atoms with Gasteiger partial charge in [0.05, 0.1) is 17.9 Å². The molecule has 1 amide bonds. The van der Waals surface area contributed by atoms with Crippen LogP contribution in [-0.4, -0.2) is 26.8 Å². The lowest BCUT2D eigenvalue weighted by Crippen LogP contribution is -3.00. The van der Waals surface area contributed by atoms with Gasteiger partial charge in [-0.25, -0.2) is 9.25 Å². The van der Waals surface area contributed by atoms with Gasteiger partial charge in [0.25, 0.3) is 0 Å². The first-order valence-corrected chi connectivity index (χ1v) is 15.8. The summed E-state index contributed by atoms with van der Waals surface area (Å²) in [5, 5.41) is 14.1. The Labute approximate surface area is 298 Å². The van der Waals surface area contributed by atoms with E-state index in [1.165, 1.54) is 0 Å². The van der Waals surface area contributed by atoms with Crippen LogP contribution in [0.1, 0.15) is 42.4 Å². The summed E-state index contributed by atoms with van der Waals surface area (Å²) in [5.74, 6) is -0.860. The second-order valence-electron chi connectivity index (χ2n) is 11.6. The van der Waals surface area contributed by atoms with Gasteiger partial charge in [0.1, 0.15) is 12.7 Å². The zero-order valence-corrected chi connectivity index (χ0v) is 28.9. The third-order valence-corrected chi connectivity index (χ3v) is 8.21. The zero-order chi connectivity index (χ0) is 32.6. The van der Waals surface area contributed by atoms with Gasteiger partial charge in [-0.3, -0.25) is 9.59 Å². The number of aryl methyl sites for hydroxylation is 1. The molecule has 2 aromatic heterocycles. The van der Waals surface area contributed by atoms with E-state index in [2.05, 4.69) is 54.6 Å². The molecule has 1 aliphatic rings. The molecule has 3 heterocycles. The van der Waals surface area contributed by atoms with Crippen molar-refractivity contribution in [1.29, 1.82) is 0 Å². The standard InChI is InChI=1S/C40H36N4O3.HI/c1-42-26-24-31(25-27-42)13-5-3-2-4-12-30-20-22-33(23-21-30)44-29-36-35-16-8-9-17-37(35)43(38(45)18-10-11-19-39(46)47)28-32-14-6-7-15-34(32)40(36)41-44;/h2-9,12-17,20-27,29H,10-11,18-19,28H2,1H3;1H. The lowest BCUT2D eigenvalue weighted by atomic mass is 9.93. The molecule has 8 heteroatoms. The van der Waals surface area contributed by atoms with Crippen molar-refractivity contribution in [2.45, 2.75) is 32.2 Å². The average Bonchev–Trinajstić information content (AvgIpc) is 3.52. The van der Waals surface area contributed by atoms with Crippen molar-refractivity contribution in [2.75, 3.05) is 4.90 Å². The molecule has 0 saturated carbocycles. The van der Waals surface area contributed by atoms with Crippen LogP contribution in [0.15, 0.2) is 128 Å². The van der Waals surface area contributed by atoms with Crippen molar-refractivity contribution in [1.82, 2.24) is 9.78 Å². The Morgan fingerprint density at radius 3 is 2.10 bits per heavy atom. The van der Waals surface area contributed by atoms with Gasteiger partial charge in [-0.2, -0.15) is 5.10 Å². The molecule has 0 atom stereocenters. The highest BCUT2D eigenvalue weighted by Gasteiger charge is 2.27. The largest absolute Gasteiger partial charge is 1.00 e. The highest BCUT2D eigenvalue weighted by atomic mass is 127. The number of hydrogen-bond acceptors (Lipinski definition) is 3. The molecule has 5 aromatic rings. The number of carbonyl (C=O) groups excluding carboxylic acids is 1. The predicted molar refractivity (Wildman–Crippen MR) is 187 cm³/mol. The number of nitrogens with zero attached hydrogens (tertiary/aromatic N) is 4. The number of anilines is 1. The molecule has 0 saturated heterocycles. The minimum atomic E-state index is -0.840. The van der Waals surface area contributed by atoms with Crippen LogP contribution in [0.5, 0.6) is 0 Å². The molecule has 0 aliphatic carbocycles. The van der Waals surface area contributed by atoms with Crippen LogP contribution < -0.4 is 33.4 Å². The Hall–Kier alpha value is -5.09. The van der Waals surface area contributed by atoms with E-state index < -0.39 is 5.97 Å². The van der Waals surface area contributed by atoms with Gasteiger partial charge in [-0.05, 0) is 47.7 Å². The molecule has 48 heavy (non-hydrogen) atoms. The van der Waals surface area contributed by atoms with Crippen LogP contribution in [0, 0.1) is 0 Å². The lowest BCUT2D eigenvalue weighted by Gasteiger charge is -2.28. The number of unbranched alkanes of at least 4 members (excludes halogenated alkanes) is 1. The van der Waals surface area contributed by atoms with Crippen LogP contribution >= 0.6 is 0 Å². The summed E-state index contributed by atoms with van der Waals surface area (Å²) < 4.78 is 3.92. The SMILES string of the molecule is C[n+]1ccc(/C=C/C=C/C=C/c2ccc(-n3cc4c(n3)-c3ccccc3CN(C(=O)CCCCC(=O)O)c3ccccc3-4)cc2)cc1.[I-]. The number of pyridine rings is 1. The van der Waals surface area contributed by atoms with E-state index in [0.29, 0.717) is 19.4 Å². The number of fused-ring (bicyclic) bond motifs is 5. The Balaban J connectivity index is 0.00000451. The monoisotopic (exact) mass is 748 g/mol. The Morgan fingerprint density at radius 2 is 1.40 bits per heavy atom. The highest BCUT2D eigenvalue weighted by Crippen LogP contribution is 2.42. The van der Waals surface area contributed by atoms with Crippen LogP contribution in [-0.2, 0) is 23.2 Å². The number of aliphatic carboxylic acids is 1. The number of hydrogen-bond donors (Lipinski definition) is 1. The first kappa shape index (κ1) is 34.3. The van der Waals surface area contributed by atoms with Crippen molar-refractivity contribution in [3.8, 4) is 28.1 Å². The van der Waals surface area contributed by atoms with Crippen LogP contribution in [0.25, 0.3) is 40.2 Å². The second-order valence-corrected chi connectivity index (χ2v) is 11.6. The van der Waals surface area contributed by atoms with Crippen molar-refractivity contribution in [3.05, 3.63) is 145 Å². The summed E-state index contributed by atoms with van der Waals surface area (Å²) in [6.45, 7) is 0.410. The van der Waals surface area contributed by atoms with E-state index >= 15 is 0 Å². The molecule has 242 valence electrons. The Bertz CT molecular complexity index is 1970. The van der Waals surface area contributed by atoms with Gasteiger partial charge in [0.15, 0.2) is 12.4 Å². The van der Waals surface area contributed by atoms with Gasteiger partial charge < -0.3 is 34.0 Å². The maximum Gasteiger partial charge on any atom is 0.303 e. The molecule has 0 bridgehead atoms. The minimum Gasteiger partial charge on any atom is -1.00 e. The maximum atomic E-state index is 13.6. The normalized spacial score (nSPS) is 12.3. The van der Waals surface area contributed by atoms with E-state index in [-0.39, 0.29) is 42.7 Å². The van der Waals surface area contributed by atoms with Gasteiger partial charge in [0, 0.05) is 47.9 Å². The summed E-state index contributed by atoms with van der Waals surface area (Å²) >= 11 is 0. The summed E-state index contributed by atoms with van der Waals surface area (Å²) in [7, 11) is 2.00. The van der Waals surface area contributed by atoms with E-state index in [0.717, 1.165) is 50.4 Å². The zero-order valence-electron chi connectivity index (χ0n) is 26.7. The minimum absolute atomic E-state index is 0. The molecule has 0 spiro atoms. The summed E-state index contributed by atoms with van der Waals surface area (Å²) in [6, 6.07) is 28.5. The first-order chi connectivity index (χ1) is 23.0. The number of benzene rings is 3. The molecule has 0 unspecified atom stereocenters. The summed E-state index contributed by atoms with van der Waals surface area (Å²) in [6.07, 6.45) is 19.7. The number of carboxylic acids is 1. The van der Waals surface area contributed by atoms with Crippen molar-refractivity contribution < 1.29 is 43.2 Å². The highest BCUT2D eigenvalue weighted by molar-refractivity contribution is 6.00.